The van der Waals surface area contributed by atoms with E-state index >= 15 is 0 Å². The number of hydrogen-bond donors (Lipinski definition) is 0. The van der Waals surface area contributed by atoms with E-state index in [0.29, 0.717) is 12.2 Å². The van der Waals surface area contributed by atoms with Gasteiger partial charge < -0.3 is 9.64 Å². The van der Waals surface area contributed by atoms with Gasteiger partial charge in [0.05, 0.1) is 6.61 Å². The Morgan fingerprint density at radius 2 is 2.21 bits per heavy atom. The molecule has 1 aromatic rings. The fraction of sp³-hybridized carbons (Fsp3) is 0.467. The molecule has 1 aliphatic rings. The van der Waals surface area contributed by atoms with Gasteiger partial charge in [0, 0.05) is 17.8 Å². The molecule has 4 nitrogen and oxygen atoms in total. The van der Waals surface area contributed by atoms with Crippen LogP contribution in [0.3, 0.4) is 0 Å². The van der Waals surface area contributed by atoms with E-state index in [4.69, 9.17) is 4.74 Å². The second-order valence-corrected chi connectivity index (χ2v) is 4.63. The lowest BCUT2D eigenvalue weighted by atomic mass is 10.00. The number of hydrogen-bond acceptors (Lipinski definition) is 4. The summed E-state index contributed by atoms with van der Waals surface area (Å²) >= 11 is 0. The normalized spacial score (nSPS) is 19.0. The van der Waals surface area contributed by atoms with Gasteiger partial charge in [0.1, 0.15) is 6.04 Å². The van der Waals surface area contributed by atoms with E-state index in [9.17, 15) is 9.59 Å². The number of aldehydes is 1. The second-order valence-electron chi connectivity index (χ2n) is 4.63. The maximum Gasteiger partial charge on any atom is 0.328 e. The number of para-hydroxylation sites is 1. The van der Waals surface area contributed by atoms with Gasteiger partial charge in [-0.05, 0) is 38.3 Å². The van der Waals surface area contributed by atoms with Crippen molar-refractivity contribution in [2.24, 2.45) is 0 Å². The van der Waals surface area contributed by atoms with Crippen LogP contribution in [0.5, 0.6) is 0 Å². The summed E-state index contributed by atoms with van der Waals surface area (Å²) < 4.78 is 5.14. The lowest BCUT2D eigenvalue weighted by Crippen LogP contribution is -2.46. The van der Waals surface area contributed by atoms with Gasteiger partial charge in [-0.25, -0.2) is 4.79 Å². The Hall–Kier alpha value is -1.84. The number of esters is 1. The summed E-state index contributed by atoms with van der Waals surface area (Å²) in [7, 11) is 0. The van der Waals surface area contributed by atoms with E-state index in [2.05, 4.69) is 0 Å². The number of benzene rings is 1. The Morgan fingerprint density at radius 3 is 2.95 bits per heavy atom. The molecule has 0 amide bonds. The third kappa shape index (κ3) is 2.95. The van der Waals surface area contributed by atoms with Crippen LogP contribution in [0.25, 0.3) is 0 Å². The average Bonchev–Trinajstić information content (AvgIpc) is 2.47. The highest BCUT2D eigenvalue weighted by Gasteiger charge is 2.30. The van der Waals surface area contributed by atoms with E-state index in [1.807, 2.05) is 30.0 Å². The highest BCUT2D eigenvalue weighted by molar-refractivity contribution is 5.88. The molecule has 19 heavy (non-hydrogen) atoms. The minimum atomic E-state index is -0.269. The summed E-state index contributed by atoms with van der Waals surface area (Å²) in [6.07, 6.45) is 3.67. The highest BCUT2D eigenvalue weighted by atomic mass is 16.5. The number of carbonyl (C=O) groups excluding carboxylic acids is 2. The zero-order valence-electron chi connectivity index (χ0n) is 11.2. The summed E-state index contributed by atoms with van der Waals surface area (Å²) in [5.41, 5.74) is 1.45. The van der Waals surface area contributed by atoms with Gasteiger partial charge in [0.25, 0.3) is 0 Å². The lowest BCUT2D eigenvalue weighted by Gasteiger charge is -2.36. The molecule has 1 saturated heterocycles. The third-order valence-electron chi connectivity index (χ3n) is 3.43. The van der Waals surface area contributed by atoms with Gasteiger partial charge in [-0.1, -0.05) is 12.1 Å². The number of piperidine rings is 1. The van der Waals surface area contributed by atoms with Crippen LogP contribution in [0.1, 0.15) is 36.5 Å². The van der Waals surface area contributed by atoms with Gasteiger partial charge in [-0.2, -0.15) is 0 Å². The molecule has 0 unspecified atom stereocenters. The van der Waals surface area contributed by atoms with Gasteiger partial charge in [-0.15, -0.1) is 0 Å². The highest BCUT2D eigenvalue weighted by Crippen LogP contribution is 2.27. The number of rotatable bonds is 4. The Kier molecular flexibility index (Phi) is 4.55. The minimum absolute atomic E-state index is 0.192. The molecular formula is C15H19NO3. The van der Waals surface area contributed by atoms with Crippen LogP contribution in [-0.4, -0.2) is 31.4 Å². The van der Waals surface area contributed by atoms with Crippen LogP contribution in [0.15, 0.2) is 24.3 Å². The van der Waals surface area contributed by atoms with Crippen molar-refractivity contribution < 1.29 is 14.3 Å². The van der Waals surface area contributed by atoms with Crippen molar-refractivity contribution in [3.63, 3.8) is 0 Å². The van der Waals surface area contributed by atoms with Crippen molar-refractivity contribution in [2.75, 3.05) is 18.1 Å². The Labute approximate surface area is 113 Å². The third-order valence-corrected chi connectivity index (χ3v) is 3.43. The minimum Gasteiger partial charge on any atom is -0.464 e. The predicted octanol–water partition coefficient (Wildman–Crippen LogP) is 2.42. The molecule has 2 rings (SSSR count). The maximum atomic E-state index is 12.0. The molecule has 1 atom stereocenters. The standard InChI is InChI=1S/C15H19NO3/c1-2-19-15(18)14-9-5-6-10-16(14)13-8-4-3-7-12(13)11-17/h3-4,7-8,11,14H,2,5-6,9-10H2,1H3/t14-/m1/s1. The van der Waals surface area contributed by atoms with Crippen molar-refractivity contribution in [2.45, 2.75) is 32.2 Å². The van der Waals surface area contributed by atoms with Gasteiger partial charge in [0.2, 0.25) is 0 Å². The molecule has 0 bridgehead atoms. The Morgan fingerprint density at radius 1 is 1.42 bits per heavy atom. The molecule has 4 heteroatoms. The van der Waals surface area contributed by atoms with E-state index in [-0.39, 0.29) is 12.0 Å². The number of carbonyl (C=O) groups is 2. The van der Waals surface area contributed by atoms with Gasteiger partial charge in [-0.3, -0.25) is 4.79 Å². The summed E-state index contributed by atoms with van der Waals surface area (Å²) in [4.78, 5) is 25.2. The van der Waals surface area contributed by atoms with E-state index in [1.165, 1.54) is 0 Å². The quantitative estimate of drug-likeness (QED) is 0.617. The molecule has 0 aliphatic carbocycles. The molecule has 1 fully saturated rings. The SMILES string of the molecule is CCOC(=O)[C@H]1CCCCN1c1ccccc1C=O. The van der Waals surface area contributed by atoms with E-state index in [0.717, 1.165) is 37.8 Å². The lowest BCUT2D eigenvalue weighted by molar-refractivity contribution is -0.145. The molecule has 1 aromatic carbocycles. The van der Waals surface area contributed by atoms with Crippen molar-refractivity contribution >= 4 is 17.9 Å². The topological polar surface area (TPSA) is 46.6 Å². The van der Waals surface area contributed by atoms with Crippen LogP contribution in [0, 0.1) is 0 Å². The summed E-state index contributed by atoms with van der Waals surface area (Å²) in [5, 5.41) is 0. The van der Waals surface area contributed by atoms with E-state index < -0.39 is 0 Å². The predicted molar refractivity (Wildman–Crippen MR) is 73.4 cm³/mol. The van der Waals surface area contributed by atoms with Crippen LogP contribution < -0.4 is 4.90 Å². The fourth-order valence-corrected chi connectivity index (χ4v) is 2.55. The summed E-state index contributed by atoms with van der Waals surface area (Å²) in [6, 6.07) is 7.12. The molecule has 102 valence electrons. The first-order valence-corrected chi connectivity index (χ1v) is 6.75. The number of ether oxygens (including phenoxy) is 1. The second kappa shape index (κ2) is 6.36. The molecule has 1 aliphatic heterocycles. The van der Waals surface area contributed by atoms with Crippen LogP contribution >= 0.6 is 0 Å². The molecule has 0 radical (unpaired) electrons. The Bertz CT molecular complexity index is 458. The summed E-state index contributed by atoms with van der Waals surface area (Å²) in [6.45, 7) is 2.98. The molecule has 0 aromatic heterocycles. The van der Waals surface area contributed by atoms with Crippen molar-refractivity contribution in [3.05, 3.63) is 29.8 Å². The number of nitrogens with zero attached hydrogens (tertiary/aromatic N) is 1. The zero-order valence-corrected chi connectivity index (χ0v) is 11.2. The first-order chi connectivity index (χ1) is 9.27. The van der Waals surface area contributed by atoms with E-state index in [1.54, 1.807) is 6.07 Å². The van der Waals surface area contributed by atoms with Crippen LogP contribution in [0.4, 0.5) is 5.69 Å². The van der Waals surface area contributed by atoms with Crippen LogP contribution in [-0.2, 0) is 9.53 Å². The molecular weight excluding hydrogens is 242 g/mol. The van der Waals surface area contributed by atoms with Gasteiger partial charge in [0.15, 0.2) is 6.29 Å². The fourth-order valence-electron chi connectivity index (χ4n) is 2.55. The van der Waals surface area contributed by atoms with Crippen molar-refractivity contribution in [1.82, 2.24) is 0 Å². The smallest absolute Gasteiger partial charge is 0.328 e. The van der Waals surface area contributed by atoms with Crippen LogP contribution in [0.2, 0.25) is 0 Å². The van der Waals surface area contributed by atoms with Crippen molar-refractivity contribution in [1.29, 1.82) is 0 Å². The maximum absolute atomic E-state index is 12.0. The molecule has 0 saturated carbocycles. The summed E-state index contributed by atoms with van der Waals surface area (Å²) in [5.74, 6) is -0.192. The Balaban J connectivity index is 2.28. The van der Waals surface area contributed by atoms with Crippen molar-refractivity contribution in [3.8, 4) is 0 Å². The molecule has 0 spiro atoms. The monoisotopic (exact) mass is 261 g/mol. The molecule has 0 N–H and O–H groups in total. The average molecular weight is 261 g/mol. The molecule has 1 heterocycles. The number of anilines is 1. The largest absolute Gasteiger partial charge is 0.464 e. The first kappa shape index (κ1) is 13.6. The first-order valence-electron chi connectivity index (χ1n) is 6.75. The zero-order chi connectivity index (χ0) is 13.7. The van der Waals surface area contributed by atoms with Gasteiger partial charge >= 0.3 is 5.97 Å².